The van der Waals surface area contributed by atoms with Crippen molar-refractivity contribution in [2.75, 3.05) is 5.32 Å². The number of anilines is 1. The molecule has 0 spiro atoms. The van der Waals surface area contributed by atoms with Crippen LogP contribution in [0.4, 0.5) is 10.5 Å². The predicted octanol–water partition coefficient (Wildman–Crippen LogP) is 4.55. The molecule has 160 valence electrons. The summed E-state index contributed by atoms with van der Waals surface area (Å²) in [5.74, 6) is 0.489. The normalized spacial score (nSPS) is 10.8. The summed E-state index contributed by atoms with van der Waals surface area (Å²) >= 11 is 0. The molecule has 3 rings (SSSR count). The predicted molar refractivity (Wildman–Crippen MR) is 116 cm³/mol. The minimum atomic E-state index is -0.582. The zero-order valence-corrected chi connectivity index (χ0v) is 17.6. The third-order valence-corrected chi connectivity index (χ3v) is 3.86. The summed E-state index contributed by atoms with van der Waals surface area (Å²) in [6, 6.07) is 17.6. The van der Waals surface area contributed by atoms with Gasteiger partial charge in [0.15, 0.2) is 0 Å². The zero-order chi connectivity index (χ0) is 22.3. The molecule has 8 heteroatoms. The highest BCUT2D eigenvalue weighted by molar-refractivity contribution is 6.04. The van der Waals surface area contributed by atoms with Crippen molar-refractivity contribution in [2.24, 2.45) is 0 Å². The molecule has 1 aromatic heterocycles. The molecule has 1 heterocycles. The van der Waals surface area contributed by atoms with Crippen LogP contribution in [0, 0.1) is 0 Å². The Bertz CT molecular complexity index is 1050. The van der Waals surface area contributed by atoms with E-state index in [1.54, 1.807) is 51.1 Å². The Morgan fingerprint density at radius 1 is 0.968 bits per heavy atom. The van der Waals surface area contributed by atoms with Crippen molar-refractivity contribution in [2.45, 2.75) is 32.9 Å². The highest BCUT2D eigenvalue weighted by atomic mass is 16.6. The minimum Gasteiger partial charge on any atom is -0.444 e. The molecule has 2 aromatic carbocycles. The summed E-state index contributed by atoms with van der Waals surface area (Å²) in [4.78, 5) is 32.5. The molecule has 0 fully saturated rings. The van der Waals surface area contributed by atoms with Gasteiger partial charge in [0.2, 0.25) is 5.88 Å². The Morgan fingerprint density at radius 3 is 2.48 bits per heavy atom. The first kappa shape index (κ1) is 21.8. The average Bonchev–Trinajstić information content (AvgIpc) is 2.72. The van der Waals surface area contributed by atoms with Crippen LogP contribution in [0.25, 0.3) is 0 Å². The van der Waals surface area contributed by atoms with Gasteiger partial charge in [0.05, 0.1) is 12.2 Å². The van der Waals surface area contributed by atoms with E-state index >= 15 is 0 Å². The second kappa shape index (κ2) is 9.71. The third-order valence-electron chi connectivity index (χ3n) is 3.86. The van der Waals surface area contributed by atoms with Crippen LogP contribution in [-0.4, -0.2) is 27.6 Å². The molecular formula is C23H24N4O4. The van der Waals surface area contributed by atoms with E-state index < -0.39 is 11.7 Å². The van der Waals surface area contributed by atoms with Gasteiger partial charge in [-0.05, 0) is 51.1 Å². The second-order valence-electron chi connectivity index (χ2n) is 7.65. The smallest absolute Gasteiger partial charge is 0.407 e. The number of para-hydroxylation sites is 1. The number of hydrogen-bond acceptors (Lipinski definition) is 6. The number of carbonyl (C=O) groups excluding carboxylic acids is 2. The molecule has 0 atom stereocenters. The van der Waals surface area contributed by atoms with E-state index in [4.69, 9.17) is 9.47 Å². The van der Waals surface area contributed by atoms with Gasteiger partial charge in [0, 0.05) is 17.3 Å². The standard InChI is InChI=1S/C23H24N4O4/c1-23(2,3)31-22(29)24-14-18-13-20(26-15-25-18)30-19-11-7-8-16(12-19)21(28)27-17-9-5-4-6-10-17/h4-13,15H,14H2,1-3H3,(H,24,29)(H,27,28). The lowest BCUT2D eigenvalue weighted by atomic mass is 10.2. The quantitative estimate of drug-likeness (QED) is 0.607. The van der Waals surface area contributed by atoms with Crippen LogP contribution in [0.5, 0.6) is 11.6 Å². The fourth-order valence-electron chi connectivity index (χ4n) is 2.55. The van der Waals surface area contributed by atoms with Crippen molar-refractivity contribution in [3.63, 3.8) is 0 Å². The first-order valence-electron chi connectivity index (χ1n) is 9.70. The van der Waals surface area contributed by atoms with Gasteiger partial charge < -0.3 is 20.1 Å². The van der Waals surface area contributed by atoms with Crippen LogP contribution in [-0.2, 0) is 11.3 Å². The highest BCUT2D eigenvalue weighted by Crippen LogP contribution is 2.21. The first-order chi connectivity index (χ1) is 14.8. The van der Waals surface area contributed by atoms with Gasteiger partial charge in [-0.2, -0.15) is 0 Å². The van der Waals surface area contributed by atoms with Crippen molar-refractivity contribution in [3.05, 3.63) is 78.2 Å². The van der Waals surface area contributed by atoms with Crippen molar-refractivity contribution in [3.8, 4) is 11.6 Å². The SMILES string of the molecule is CC(C)(C)OC(=O)NCc1cc(Oc2cccc(C(=O)Nc3ccccc3)c2)ncn1. The van der Waals surface area contributed by atoms with E-state index in [0.29, 0.717) is 22.7 Å². The maximum Gasteiger partial charge on any atom is 0.407 e. The largest absolute Gasteiger partial charge is 0.444 e. The van der Waals surface area contributed by atoms with Gasteiger partial charge in [-0.25, -0.2) is 14.8 Å². The van der Waals surface area contributed by atoms with E-state index in [9.17, 15) is 9.59 Å². The van der Waals surface area contributed by atoms with Crippen LogP contribution in [0.3, 0.4) is 0 Å². The topological polar surface area (TPSA) is 102 Å². The maximum absolute atomic E-state index is 12.5. The van der Waals surface area contributed by atoms with Crippen molar-refractivity contribution < 1.29 is 19.1 Å². The molecule has 0 radical (unpaired) electrons. The number of benzene rings is 2. The number of rotatable bonds is 6. The lowest BCUT2D eigenvalue weighted by Crippen LogP contribution is -2.32. The number of ether oxygens (including phenoxy) is 2. The Labute approximate surface area is 180 Å². The van der Waals surface area contributed by atoms with E-state index in [1.807, 2.05) is 30.3 Å². The molecule has 0 saturated carbocycles. The minimum absolute atomic E-state index is 0.160. The van der Waals surface area contributed by atoms with Crippen LogP contribution in [0.15, 0.2) is 67.0 Å². The van der Waals surface area contributed by atoms with Crippen LogP contribution < -0.4 is 15.4 Å². The molecule has 31 heavy (non-hydrogen) atoms. The van der Waals surface area contributed by atoms with Crippen molar-refractivity contribution in [1.82, 2.24) is 15.3 Å². The number of aromatic nitrogens is 2. The molecule has 0 saturated heterocycles. The van der Waals surface area contributed by atoms with Crippen molar-refractivity contribution >= 4 is 17.7 Å². The van der Waals surface area contributed by atoms with Crippen molar-refractivity contribution in [1.29, 1.82) is 0 Å². The molecule has 3 aromatic rings. The third kappa shape index (κ3) is 7.11. The zero-order valence-electron chi connectivity index (χ0n) is 17.6. The number of hydrogen-bond donors (Lipinski definition) is 2. The summed E-state index contributed by atoms with van der Waals surface area (Å²) in [6.07, 6.45) is 0.804. The number of nitrogens with zero attached hydrogens (tertiary/aromatic N) is 2. The Balaban J connectivity index is 1.62. The molecule has 0 bridgehead atoms. The summed E-state index contributed by atoms with van der Waals surface area (Å²) in [5, 5.41) is 5.46. The molecule has 0 unspecified atom stereocenters. The van der Waals surface area contributed by atoms with E-state index in [1.165, 1.54) is 6.33 Å². The molecule has 0 aliphatic carbocycles. The lowest BCUT2D eigenvalue weighted by molar-refractivity contribution is 0.0522. The number of nitrogens with one attached hydrogen (secondary N) is 2. The average molecular weight is 420 g/mol. The maximum atomic E-state index is 12.5. The lowest BCUT2D eigenvalue weighted by Gasteiger charge is -2.19. The Kier molecular flexibility index (Phi) is 6.81. The number of amides is 2. The van der Waals surface area contributed by atoms with Gasteiger partial charge in [-0.15, -0.1) is 0 Å². The first-order valence-corrected chi connectivity index (χ1v) is 9.70. The molecule has 0 aliphatic rings. The van der Waals surface area contributed by atoms with E-state index in [-0.39, 0.29) is 18.3 Å². The highest BCUT2D eigenvalue weighted by Gasteiger charge is 2.16. The summed E-state index contributed by atoms with van der Waals surface area (Å²) in [7, 11) is 0. The summed E-state index contributed by atoms with van der Waals surface area (Å²) < 4.78 is 11.0. The van der Waals surface area contributed by atoms with Gasteiger partial charge in [-0.1, -0.05) is 24.3 Å². The number of alkyl carbamates (subject to hydrolysis) is 1. The summed E-state index contributed by atoms with van der Waals surface area (Å²) in [5.41, 5.74) is 1.12. The fourth-order valence-corrected chi connectivity index (χ4v) is 2.55. The molecule has 2 N–H and O–H groups in total. The molecule has 0 aliphatic heterocycles. The van der Waals surface area contributed by atoms with Gasteiger partial charge in [0.25, 0.3) is 5.91 Å². The van der Waals surface area contributed by atoms with E-state index in [2.05, 4.69) is 20.6 Å². The van der Waals surface area contributed by atoms with Gasteiger partial charge >= 0.3 is 6.09 Å². The summed E-state index contributed by atoms with van der Waals surface area (Å²) in [6.45, 7) is 5.53. The Hall–Kier alpha value is -3.94. The van der Waals surface area contributed by atoms with Gasteiger partial charge in [0.1, 0.15) is 17.7 Å². The second-order valence-corrected chi connectivity index (χ2v) is 7.65. The van der Waals surface area contributed by atoms with Crippen LogP contribution in [0.2, 0.25) is 0 Å². The van der Waals surface area contributed by atoms with Gasteiger partial charge in [-0.3, -0.25) is 4.79 Å². The van der Waals surface area contributed by atoms with Crippen LogP contribution >= 0.6 is 0 Å². The molecule has 2 amide bonds. The van der Waals surface area contributed by atoms with Crippen LogP contribution in [0.1, 0.15) is 36.8 Å². The Morgan fingerprint density at radius 2 is 1.74 bits per heavy atom. The monoisotopic (exact) mass is 420 g/mol. The molecular weight excluding hydrogens is 396 g/mol. The number of carbonyl (C=O) groups is 2. The van der Waals surface area contributed by atoms with E-state index in [0.717, 1.165) is 0 Å². The molecule has 8 nitrogen and oxygen atoms in total. The fraction of sp³-hybridized carbons (Fsp3) is 0.217.